The predicted molar refractivity (Wildman–Crippen MR) is 101 cm³/mol. The van der Waals surface area contributed by atoms with Crippen LogP contribution in [-0.2, 0) is 14.1 Å². The molecular weight excluding hydrogens is 426 g/mol. The van der Waals surface area contributed by atoms with Gasteiger partial charge in [-0.15, -0.1) is 13.2 Å². The fourth-order valence-corrected chi connectivity index (χ4v) is 3.02. The van der Waals surface area contributed by atoms with Gasteiger partial charge in [0.15, 0.2) is 17.5 Å². The fraction of sp³-hybridized carbons (Fsp3) is 0.316. The molecule has 0 saturated carbocycles. The maximum Gasteiger partial charge on any atom is 0.703 e. The van der Waals surface area contributed by atoms with Crippen LogP contribution in [0.4, 0.5) is 13.2 Å². The zero-order valence-corrected chi connectivity index (χ0v) is 17.2. The van der Waals surface area contributed by atoms with E-state index in [0.717, 1.165) is 29.1 Å². The van der Waals surface area contributed by atoms with Gasteiger partial charge in [-0.25, -0.2) is 4.52 Å². The summed E-state index contributed by atoms with van der Waals surface area (Å²) in [6.45, 7) is 4.74. The Balaban J connectivity index is 2.16. The van der Waals surface area contributed by atoms with Crippen LogP contribution in [0, 0.1) is 0 Å². The molecule has 0 aromatic heterocycles. The number of hydroxylamine groups is 1. The molecule has 0 saturated heterocycles. The molecule has 0 heterocycles. The van der Waals surface area contributed by atoms with Crippen molar-refractivity contribution in [3.63, 3.8) is 0 Å². The van der Waals surface area contributed by atoms with E-state index in [0.29, 0.717) is 5.75 Å². The summed E-state index contributed by atoms with van der Waals surface area (Å²) in [5.74, 6) is -0.877. The number of alkyl halides is 3. The van der Waals surface area contributed by atoms with Gasteiger partial charge in [0, 0.05) is 4.57 Å². The molecule has 0 radical (unpaired) electrons. The van der Waals surface area contributed by atoms with Crippen LogP contribution in [0.3, 0.4) is 0 Å². The van der Waals surface area contributed by atoms with Gasteiger partial charge in [-0.1, -0.05) is 18.2 Å². The van der Waals surface area contributed by atoms with E-state index in [4.69, 9.17) is 14.1 Å². The third-order valence-corrected chi connectivity index (χ3v) is 4.49. The smallest absolute Gasteiger partial charge is 0.462 e. The van der Waals surface area contributed by atoms with Gasteiger partial charge in [-0.3, -0.25) is 4.79 Å². The van der Waals surface area contributed by atoms with E-state index in [1.807, 2.05) is 0 Å². The van der Waals surface area contributed by atoms with Gasteiger partial charge in [-0.05, 0) is 57.2 Å². The van der Waals surface area contributed by atoms with E-state index in [2.05, 4.69) is 4.74 Å². The number of benzene rings is 2. The van der Waals surface area contributed by atoms with Crippen LogP contribution in [0.2, 0.25) is 0 Å². The highest BCUT2D eigenvalue weighted by Crippen LogP contribution is 2.35. The number of rotatable bonds is 9. The molecule has 2 aromatic carbocycles. The molecule has 30 heavy (non-hydrogen) atoms. The van der Waals surface area contributed by atoms with Gasteiger partial charge >= 0.3 is 20.5 Å². The fourth-order valence-electron chi connectivity index (χ4n) is 2.10. The second-order valence-electron chi connectivity index (χ2n) is 6.22. The van der Waals surface area contributed by atoms with E-state index in [1.165, 1.54) is 6.92 Å². The van der Waals surface area contributed by atoms with Crippen LogP contribution in [0.25, 0.3) is 0 Å². The number of carbonyl (C=O) groups is 1. The van der Waals surface area contributed by atoms with Crippen molar-refractivity contribution >= 4 is 14.1 Å². The monoisotopic (exact) mass is 446 g/mol. The van der Waals surface area contributed by atoms with Crippen molar-refractivity contribution in [2.75, 3.05) is 0 Å². The Labute approximate surface area is 172 Å². The second-order valence-corrected chi connectivity index (χ2v) is 7.27. The number of hydrogen-bond acceptors (Lipinski definition) is 6. The number of hydrogen-bond donors (Lipinski definition) is 0. The lowest BCUT2D eigenvalue weighted by atomic mass is 10.3. The van der Waals surface area contributed by atoms with E-state index >= 15 is 0 Å². The van der Waals surface area contributed by atoms with E-state index < -0.39 is 38.4 Å². The Hall–Kier alpha value is -2.84. The molecule has 0 aliphatic carbocycles. The van der Waals surface area contributed by atoms with Crippen LogP contribution < -0.4 is 14.1 Å². The number of para-hydroxylation sites is 1. The Morgan fingerprint density at radius 1 is 0.933 bits per heavy atom. The molecule has 0 aliphatic rings. The van der Waals surface area contributed by atoms with Crippen LogP contribution in [-0.4, -0.2) is 29.3 Å². The summed E-state index contributed by atoms with van der Waals surface area (Å²) in [7, 11) is -2.78. The third-order valence-electron chi connectivity index (χ3n) is 3.37. The van der Waals surface area contributed by atoms with Crippen molar-refractivity contribution in [1.29, 1.82) is 0 Å². The van der Waals surface area contributed by atoms with Gasteiger partial charge in [-0.2, -0.15) is 0 Å². The van der Waals surface area contributed by atoms with Crippen molar-refractivity contribution in [3.8, 4) is 17.2 Å². The summed E-state index contributed by atoms with van der Waals surface area (Å²) in [6, 6.07) is 11.5. The molecule has 11 heteroatoms. The molecule has 2 unspecified atom stereocenters. The van der Waals surface area contributed by atoms with Crippen molar-refractivity contribution in [3.05, 3.63) is 54.6 Å². The van der Waals surface area contributed by atoms with Gasteiger partial charge in [0.25, 0.3) is 0 Å². The second kappa shape index (κ2) is 10.3. The van der Waals surface area contributed by atoms with Gasteiger partial charge in [0.05, 0.1) is 6.10 Å². The summed E-state index contributed by atoms with van der Waals surface area (Å²) < 4.78 is 63.7. The minimum Gasteiger partial charge on any atom is -0.462 e. The maximum absolute atomic E-state index is 12.8. The minimum atomic E-state index is -4.83. The normalized spacial score (nSPS) is 13.0. The van der Waals surface area contributed by atoms with Crippen molar-refractivity contribution < 1.29 is 41.4 Å². The van der Waals surface area contributed by atoms with Crippen molar-refractivity contribution in [1.82, 2.24) is 4.83 Å². The van der Waals surface area contributed by atoms with Crippen molar-refractivity contribution in [2.45, 2.75) is 39.3 Å². The lowest BCUT2D eigenvalue weighted by Crippen LogP contribution is -2.39. The van der Waals surface area contributed by atoms with Crippen LogP contribution in [0.5, 0.6) is 17.2 Å². The van der Waals surface area contributed by atoms with E-state index in [9.17, 15) is 22.5 Å². The minimum absolute atomic E-state index is 0.0169. The summed E-state index contributed by atoms with van der Waals surface area (Å²) in [6.07, 6.45) is -5.24. The Kier molecular flexibility index (Phi) is 8.02. The molecule has 2 rings (SSSR count). The lowest BCUT2D eigenvalue weighted by molar-refractivity contribution is -0.274. The highest BCUT2D eigenvalue weighted by Gasteiger charge is 2.44. The molecule has 7 nitrogen and oxygen atoms in total. The lowest BCUT2D eigenvalue weighted by Gasteiger charge is -2.18. The molecule has 0 bridgehead atoms. The van der Waals surface area contributed by atoms with Gasteiger partial charge in [0.2, 0.25) is 0 Å². The van der Waals surface area contributed by atoms with Crippen LogP contribution in [0.1, 0.15) is 20.8 Å². The quantitative estimate of drug-likeness (QED) is 0.296. The maximum atomic E-state index is 12.8. The standard InChI is InChI=1S/C19H20F3NO6P/c1-13(2)26-18(24)14(3)23(28-16-7-5-4-6-8-16)30(25)29-17-11-9-15(10-12-17)27-19(20,21)22/h4-14H,1-3H3/q+1. The molecular formula is C19H20F3NO6P+. The van der Waals surface area contributed by atoms with E-state index in [1.54, 1.807) is 44.2 Å². The van der Waals surface area contributed by atoms with E-state index in [-0.39, 0.29) is 5.75 Å². The molecule has 0 N–H and O–H groups in total. The first kappa shape index (κ1) is 23.4. The average Bonchev–Trinajstić information content (AvgIpc) is 2.66. The Morgan fingerprint density at radius 2 is 1.50 bits per heavy atom. The van der Waals surface area contributed by atoms with Gasteiger partial charge in [0.1, 0.15) is 10.6 Å². The molecule has 2 aromatic rings. The molecule has 2 atom stereocenters. The zero-order chi connectivity index (χ0) is 22.3. The number of esters is 1. The number of halogens is 3. The molecule has 0 fully saturated rings. The summed E-state index contributed by atoms with van der Waals surface area (Å²) >= 11 is 0. The number of ether oxygens (including phenoxy) is 2. The molecule has 0 amide bonds. The number of nitrogens with zero attached hydrogens (tertiary/aromatic N) is 1. The largest absolute Gasteiger partial charge is 0.703 e. The van der Waals surface area contributed by atoms with Crippen molar-refractivity contribution in [2.24, 2.45) is 0 Å². The highest BCUT2D eigenvalue weighted by molar-refractivity contribution is 7.36. The first-order valence-electron chi connectivity index (χ1n) is 8.79. The first-order chi connectivity index (χ1) is 14.0. The summed E-state index contributed by atoms with van der Waals surface area (Å²) in [5, 5.41) is 0. The third kappa shape index (κ3) is 7.53. The summed E-state index contributed by atoms with van der Waals surface area (Å²) in [5.41, 5.74) is 0. The zero-order valence-electron chi connectivity index (χ0n) is 16.3. The van der Waals surface area contributed by atoms with Gasteiger partial charge < -0.3 is 14.3 Å². The molecule has 162 valence electrons. The first-order valence-corrected chi connectivity index (χ1v) is 9.92. The number of carbonyl (C=O) groups excluding carboxylic acids is 1. The highest BCUT2D eigenvalue weighted by atomic mass is 31.1. The van der Waals surface area contributed by atoms with Crippen LogP contribution >= 0.6 is 8.18 Å². The predicted octanol–water partition coefficient (Wildman–Crippen LogP) is 5.26. The molecule has 0 spiro atoms. The SMILES string of the molecule is CC(C)OC(=O)C(C)N(Oc1ccccc1)[P+](=O)Oc1ccc(OC(F)(F)F)cc1. The topological polar surface area (TPSA) is 74.3 Å². The van der Waals surface area contributed by atoms with Crippen LogP contribution in [0.15, 0.2) is 54.6 Å². The Bertz CT molecular complexity index is 846. The molecule has 0 aliphatic heterocycles. The average molecular weight is 446 g/mol. The Morgan fingerprint density at radius 3 is 2.03 bits per heavy atom. The summed E-state index contributed by atoms with van der Waals surface area (Å²) in [4.78, 5) is 18.7.